The van der Waals surface area contributed by atoms with Gasteiger partial charge in [0, 0.05) is 17.3 Å². The molecule has 0 aliphatic carbocycles. The molecule has 0 radical (unpaired) electrons. The molecule has 0 bridgehead atoms. The average Bonchev–Trinajstić information content (AvgIpc) is 2.32. The van der Waals surface area contributed by atoms with Gasteiger partial charge >= 0.3 is 0 Å². The summed E-state index contributed by atoms with van der Waals surface area (Å²) in [6, 6.07) is 8.87. The molecular formula is C13H8F2N2. The molecule has 0 atom stereocenters. The van der Waals surface area contributed by atoms with Gasteiger partial charge in [0.2, 0.25) is 0 Å². The summed E-state index contributed by atoms with van der Waals surface area (Å²) in [5, 5.41) is 8.55. The van der Waals surface area contributed by atoms with Crippen LogP contribution < -0.4 is 0 Å². The average molecular weight is 230 g/mol. The number of benzene rings is 1. The van der Waals surface area contributed by atoms with E-state index >= 15 is 0 Å². The molecule has 0 unspecified atom stereocenters. The fraction of sp³-hybridized carbons (Fsp3) is 0.0769. The zero-order chi connectivity index (χ0) is 12.3. The van der Waals surface area contributed by atoms with Crippen LogP contribution in [0.15, 0.2) is 36.5 Å². The highest BCUT2D eigenvalue weighted by atomic mass is 19.1. The predicted molar refractivity (Wildman–Crippen MR) is 58.9 cm³/mol. The number of nitriles is 1. The van der Waals surface area contributed by atoms with Crippen LogP contribution in [0, 0.1) is 23.0 Å². The van der Waals surface area contributed by atoms with Gasteiger partial charge in [0.15, 0.2) is 5.82 Å². The Kier molecular flexibility index (Phi) is 3.10. The molecule has 4 heteroatoms. The molecule has 2 nitrogen and oxygen atoms in total. The lowest BCUT2D eigenvalue weighted by atomic mass is 10.1. The highest BCUT2D eigenvalue weighted by Crippen LogP contribution is 2.23. The normalized spacial score (nSPS) is 9.94. The van der Waals surface area contributed by atoms with Crippen LogP contribution in [0.5, 0.6) is 0 Å². The molecule has 0 saturated heterocycles. The summed E-state index contributed by atoms with van der Waals surface area (Å²) in [5.74, 6) is -1.02. The molecule has 0 aliphatic heterocycles. The van der Waals surface area contributed by atoms with Crippen molar-refractivity contribution < 1.29 is 8.78 Å². The largest absolute Gasteiger partial charge is 0.253 e. The van der Waals surface area contributed by atoms with Crippen molar-refractivity contribution in [3.05, 3.63) is 53.7 Å². The predicted octanol–water partition coefficient (Wildman–Crippen LogP) is 3.09. The van der Waals surface area contributed by atoms with Crippen LogP contribution in [-0.4, -0.2) is 4.98 Å². The number of hydrogen-bond acceptors (Lipinski definition) is 2. The van der Waals surface area contributed by atoms with E-state index in [4.69, 9.17) is 5.26 Å². The first-order valence-corrected chi connectivity index (χ1v) is 4.98. The van der Waals surface area contributed by atoms with E-state index < -0.39 is 11.6 Å². The Labute approximate surface area is 97.2 Å². The Morgan fingerprint density at radius 3 is 2.76 bits per heavy atom. The zero-order valence-corrected chi connectivity index (χ0v) is 8.82. The van der Waals surface area contributed by atoms with E-state index in [2.05, 4.69) is 4.98 Å². The van der Waals surface area contributed by atoms with E-state index in [9.17, 15) is 8.78 Å². The molecule has 17 heavy (non-hydrogen) atoms. The van der Waals surface area contributed by atoms with Crippen molar-refractivity contribution in [1.82, 2.24) is 4.98 Å². The van der Waals surface area contributed by atoms with Crippen molar-refractivity contribution in [1.29, 1.82) is 5.26 Å². The zero-order valence-electron chi connectivity index (χ0n) is 8.82. The van der Waals surface area contributed by atoms with Crippen molar-refractivity contribution in [2.75, 3.05) is 0 Å². The van der Waals surface area contributed by atoms with Gasteiger partial charge in [0.25, 0.3) is 0 Å². The van der Waals surface area contributed by atoms with E-state index in [-0.39, 0.29) is 17.7 Å². The summed E-state index contributed by atoms with van der Waals surface area (Å²) in [7, 11) is 0. The topological polar surface area (TPSA) is 36.7 Å². The Bertz CT molecular complexity index is 588. The van der Waals surface area contributed by atoms with Crippen molar-refractivity contribution in [3.63, 3.8) is 0 Å². The fourth-order valence-corrected chi connectivity index (χ4v) is 1.54. The second kappa shape index (κ2) is 4.71. The van der Waals surface area contributed by atoms with Gasteiger partial charge in [-0.05, 0) is 18.2 Å². The molecule has 1 aromatic carbocycles. The Morgan fingerprint density at radius 1 is 1.24 bits per heavy atom. The Hall–Kier alpha value is -2.28. The lowest BCUT2D eigenvalue weighted by Crippen LogP contribution is -1.95. The van der Waals surface area contributed by atoms with Crippen LogP contribution in [0.1, 0.15) is 5.56 Å². The van der Waals surface area contributed by atoms with Crippen LogP contribution in [0.2, 0.25) is 0 Å². The molecule has 2 rings (SSSR count). The summed E-state index contributed by atoms with van der Waals surface area (Å²) in [4.78, 5) is 3.88. The highest BCUT2D eigenvalue weighted by molar-refractivity contribution is 5.60. The Morgan fingerprint density at radius 2 is 2.06 bits per heavy atom. The van der Waals surface area contributed by atoms with Gasteiger partial charge in [-0.1, -0.05) is 12.1 Å². The minimum Gasteiger partial charge on any atom is -0.253 e. The number of nitrogens with zero attached hydrogens (tertiary/aromatic N) is 2. The molecule has 0 spiro atoms. The van der Waals surface area contributed by atoms with E-state index in [0.717, 1.165) is 0 Å². The quantitative estimate of drug-likeness (QED) is 0.794. The molecule has 1 aromatic heterocycles. The first kappa shape index (κ1) is 11.2. The van der Waals surface area contributed by atoms with E-state index in [1.165, 1.54) is 30.5 Å². The van der Waals surface area contributed by atoms with Gasteiger partial charge in [-0.3, -0.25) is 4.98 Å². The SMILES string of the molecule is N#CCc1ccnc(-c2cccc(F)c2)c1F. The molecule has 0 N–H and O–H groups in total. The Balaban J connectivity index is 2.53. The van der Waals surface area contributed by atoms with E-state index in [1.54, 1.807) is 6.07 Å². The summed E-state index contributed by atoms with van der Waals surface area (Å²) >= 11 is 0. The second-order valence-corrected chi connectivity index (χ2v) is 3.48. The monoisotopic (exact) mass is 230 g/mol. The van der Waals surface area contributed by atoms with Gasteiger partial charge in [-0.25, -0.2) is 8.78 Å². The molecule has 0 fully saturated rings. The van der Waals surface area contributed by atoms with Gasteiger partial charge < -0.3 is 0 Å². The third-order valence-corrected chi connectivity index (χ3v) is 2.34. The van der Waals surface area contributed by atoms with Crippen LogP contribution in [-0.2, 0) is 6.42 Å². The lowest BCUT2D eigenvalue weighted by molar-refractivity contribution is 0.611. The number of halogens is 2. The minimum atomic E-state index is -0.570. The third kappa shape index (κ3) is 2.28. The van der Waals surface area contributed by atoms with Gasteiger partial charge in [-0.2, -0.15) is 5.26 Å². The van der Waals surface area contributed by atoms with Crippen molar-refractivity contribution in [2.45, 2.75) is 6.42 Å². The molecule has 2 aromatic rings. The standard InChI is InChI=1S/C13H8F2N2/c14-11-3-1-2-10(8-11)13-12(15)9(4-6-16)5-7-17-13/h1-3,5,7-8H,4H2. The number of aromatic nitrogens is 1. The fourth-order valence-electron chi connectivity index (χ4n) is 1.54. The van der Waals surface area contributed by atoms with Gasteiger partial charge in [0.05, 0.1) is 12.5 Å². The van der Waals surface area contributed by atoms with Crippen molar-refractivity contribution >= 4 is 0 Å². The minimum absolute atomic E-state index is 0.0311. The van der Waals surface area contributed by atoms with Crippen LogP contribution in [0.4, 0.5) is 8.78 Å². The van der Waals surface area contributed by atoms with Crippen molar-refractivity contribution in [3.8, 4) is 17.3 Å². The van der Waals surface area contributed by atoms with Gasteiger partial charge in [0.1, 0.15) is 11.5 Å². The molecular weight excluding hydrogens is 222 g/mol. The molecule has 1 heterocycles. The van der Waals surface area contributed by atoms with Crippen LogP contribution >= 0.6 is 0 Å². The molecule has 0 aliphatic rings. The van der Waals surface area contributed by atoms with Crippen LogP contribution in [0.3, 0.4) is 0 Å². The van der Waals surface area contributed by atoms with E-state index in [0.29, 0.717) is 5.56 Å². The number of rotatable bonds is 2. The van der Waals surface area contributed by atoms with E-state index in [1.807, 2.05) is 6.07 Å². The molecule has 84 valence electrons. The molecule has 0 amide bonds. The maximum atomic E-state index is 13.9. The van der Waals surface area contributed by atoms with Crippen molar-refractivity contribution in [2.24, 2.45) is 0 Å². The summed E-state index contributed by atoms with van der Waals surface area (Å²) < 4.78 is 27.0. The summed E-state index contributed by atoms with van der Waals surface area (Å²) in [5.41, 5.74) is 0.696. The first-order valence-electron chi connectivity index (χ1n) is 4.98. The third-order valence-electron chi connectivity index (χ3n) is 2.34. The maximum absolute atomic E-state index is 13.9. The summed E-state index contributed by atoms with van der Waals surface area (Å²) in [6.45, 7) is 0. The maximum Gasteiger partial charge on any atom is 0.153 e. The first-order chi connectivity index (χ1) is 8.22. The smallest absolute Gasteiger partial charge is 0.153 e. The number of pyridine rings is 1. The summed E-state index contributed by atoms with van der Waals surface area (Å²) in [6.07, 6.45) is 1.38. The molecule has 0 saturated carbocycles. The number of hydrogen-bond donors (Lipinski definition) is 0. The van der Waals surface area contributed by atoms with Gasteiger partial charge in [-0.15, -0.1) is 0 Å². The van der Waals surface area contributed by atoms with Crippen LogP contribution in [0.25, 0.3) is 11.3 Å². The second-order valence-electron chi connectivity index (χ2n) is 3.48. The highest BCUT2D eigenvalue weighted by Gasteiger charge is 2.11. The lowest BCUT2D eigenvalue weighted by Gasteiger charge is -2.05.